The maximum absolute atomic E-state index is 11.9. The number of piperidine rings is 1. The molecule has 1 aliphatic carbocycles. The lowest BCUT2D eigenvalue weighted by atomic mass is 9.78. The van der Waals surface area contributed by atoms with Crippen molar-refractivity contribution >= 4 is 40.7 Å². The maximum atomic E-state index is 11.9. The Bertz CT molecular complexity index is 757. The van der Waals surface area contributed by atoms with Crippen molar-refractivity contribution in [2.45, 2.75) is 88.9 Å². The molecule has 6 nitrogen and oxygen atoms in total. The van der Waals surface area contributed by atoms with Crippen molar-refractivity contribution in [3.63, 3.8) is 0 Å². The zero-order valence-corrected chi connectivity index (χ0v) is 22.2. The molecule has 4 aliphatic rings. The molecule has 0 aromatic heterocycles. The lowest BCUT2D eigenvalue weighted by Crippen LogP contribution is -2.40. The molecule has 1 spiro atoms. The van der Waals surface area contributed by atoms with Gasteiger partial charge in [-0.1, -0.05) is 36.6 Å². The molecular weight excluding hydrogens is 458 g/mol. The van der Waals surface area contributed by atoms with Crippen molar-refractivity contribution in [2.75, 3.05) is 31.7 Å². The number of hydrogen-bond acceptors (Lipinski definition) is 7. The normalized spacial score (nSPS) is 25.0. The summed E-state index contributed by atoms with van der Waals surface area (Å²) in [5.74, 6) is 2.25. The van der Waals surface area contributed by atoms with Gasteiger partial charge in [0.1, 0.15) is 5.60 Å². The molecule has 3 saturated heterocycles. The van der Waals surface area contributed by atoms with E-state index >= 15 is 0 Å². The van der Waals surface area contributed by atoms with E-state index < -0.39 is 5.60 Å². The molecule has 3 heterocycles. The first-order valence-corrected chi connectivity index (χ1v) is 14.2. The Hall–Kier alpha value is -1.15. The van der Waals surface area contributed by atoms with Crippen LogP contribution in [0, 0.1) is 5.92 Å². The highest BCUT2D eigenvalue weighted by Crippen LogP contribution is 2.52. The number of nitrogens with zero attached hydrogens (tertiary/aromatic N) is 1. The van der Waals surface area contributed by atoms with E-state index in [1.807, 2.05) is 32.5 Å². The Morgan fingerprint density at radius 1 is 1.03 bits per heavy atom. The standard InChI is InChI=1S/C14H21NO3S.C11H18O2S/c1-14(2,3)18-13(17)15-7-4-10(5-8-15)11-6-9-19-12(11)16;1-13-10(12)9-5-8-14-11(9)6-3-2-4-7-11/h4-9H2,1-3H3;9H,2-8H2,1H3. The predicted octanol–water partition coefficient (Wildman–Crippen LogP) is 5.59. The number of amides is 1. The monoisotopic (exact) mass is 497 g/mol. The van der Waals surface area contributed by atoms with E-state index in [0.717, 1.165) is 42.8 Å². The van der Waals surface area contributed by atoms with Crippen LogP contribution < -0.4 is 0 Å². The van der Waals surface area contributed by atoms with Crippen LogP contribution in [0.2, 0.25) is 0 Å². The number of thioether (sulfide) groups is 2. The van der Waals surface area contributed by atoms with Gasteiger partial charge in [-0.3, -0.25) is 9.59 Å². The number of ether oxygens (including phenoxy) is 2. The van der Waals surface area contributed by atoms with Crippen molar-refractivity contribution in [3.8, 4) is 0 Å². The third kappa shape index (κ3) is 6.93. The highest BCUT2D eigenvalue weighted by molar-refractivity contribution is 8.14. The van der Waals surface area contributed by atoms with Crippen LogP contribution in [0.25, 0.3) is 0 Å². The van der Waals surface area contributed by atoms with Gasteiger partial charge in [-0.25, -0.2) is 4.79 Å². The van der Waals surface area contributed by atoms with Gasteiger partial charge >= 0.3 is 12.1 Å². The Morgan fingerprint density at radius 3 is 2.24 bits per heavy atom. The molecule has 0 N–H and O–H groups in total. The average molecular weight is 498 g/mol. The van der Waals surface area contributed by atoms with Gasteiger partial charge < -0.3 is 14.4 Å². The summed E-state index contributed by atoms with van der Waals surface area (Å²) in [6, 6.07) is 0. The molecule has 1 unspecified atom stereocenters. The van der Waals surface area contributed by atoms with Gasteiger partial charge in [0.15, 0.2) is 0 Å². The summed E-state index contributed by atoms with van der Waals surface area (Å²) in [6.07, 6.45) is 9.65. The molecule has 1 saturated carbocycles. The second-order valence-corrected chi connectivity index (χ2v) is 12.9. The smallest absolute Gasteiger partial charge is 0.410 e. The van der Waals surface area contributed by atoms with E-state index in [1.165, 1.54) is 56.5 Å². The van der Waals surface area contributed by atoms with Gasteiger partial charge in [0.05, 0.1) is 13.0 Å². The minimum atomic E-state index is -0.451. The maximum Gasteiger partial charge on any atom is 0.410 e. The lowest BCUT2D eigenvalue weighted by molar-refractivity contribution is -0.146. The highest BCUT2D eigenvalue weighted by Gasteiger charge is 2.48. The minimum absolute atomic E-state index is 0.0249. The van der Waals surface area contributed by atoms with Gasteiger partial charge in [0.2, 0.25) is 5.12 Å². The molecular formula is C25H39NO5S2. The van der Waals surface area contributed by atoms with E-state index in [2.05, 4.69) is 0 Å². The Labute approximate surface area is 207 Å². The van der Waals surface area contributed by atoms with E-state index in [1.54, 1.807) is 4.90 Å². The predicted molar refractivity (Wildman–Crippen MR) is 135 cm³/mol. The summed E-state index contributed by atoms with van der Waals surface area (Å²) < 4.78 is 10.5. The summed E-state index contributed by atoms with van der Waals surface area (Å²) in [6.45, 7) is 6.93. The molecule has 1 atom stereocenters. The molecule has 4 rings (SSSR count). The Morgan fingerprint density at radius 2 is 1.70 bits per heavy atom. The molecule has 0 radical (unpaired) electrons. The lowest BCUT2D eigenvalue weighted by Gasteiger charge is -2.36. The summed E-state index contributed by atoms with van der Waals surface area (Å²) >= 11 is 3.43. The number of hydrogen-bond donors (Lipinski definition) is 0. The Balaban J connectivity index is 0.000000194. The Kier molecular flexibility index (Phi) is 9.23. The van der Waals surface area contributed by atoms with Gasteiger partial charge in [-0.15, -0.1) is 0 Å². The van der Waals surface area contributed by atoms with Crippen molar-refractivity contribution in [1.82, 2.24) is 4.90 Å². The number of likely N-dealkylation sites (tertiary alicyclic amines) is 1. The summed E-state index contributed by atoms with van der Waals surface area (Å²) in [5.41, 5.74) is 1.80. The van der Waals surface area contributed by atoms with Crippen LogP contribution in [0.4, 0.5) is 4.79 Å². The van der Waals surface area contributed by atoms with Crippen molar-refractivity contribution in [1.29, 1.82) is 0 Å². The second-order valence-electron chi connectivity index (χ2n) is 10.3. The third-order valence-corrected chi connectivity index (χ3v) is 9.52. The molecule has 186 valence electrons. The van der Waals surface area contributed by atoms with Crippen LogP contribution >= 0.6 is 23.5 Å². The highest BCUT2D eigenvalue weighted by atomic mass is 32.2. The minimum Gasteiger partial charge on any atom is -0.469 e. The fourth-order valence-electron chi connectivity index (χ4n) is 5.21. The zero-order chi connectivity index (χ0) is 24.1. The van der Waals surface area contributed by atoms with Gasteiger partial charge in [-0.2, -0.15) is 11.8 Å². The van der Waals surface area contributed by atoms with Crippen LogP contribution in [-0.2, 0) is 19.1 Å². The SMILES string of the molecule is CC(C)(C)OC(=O)N1CCC(=C2CCSC2=O)CC1.COC(=O)C1CCSC12CCCCC2. The molecule has 0 aromatic carbocycles. The van der Waals surface area contributed by atoms with E-state index in [0.29, 0.717) is 13.1 Å². The van der Waals surface area contributed by atoms with Gasteiger partial charge in [-0.05, 0) is 65.0 Å². The fourth-order valence-corrected chi connectivity index (χ4v) is 7.87. The van der Waals surface area contributed by atoms with E-state index in [-0.39, 0.29) is 27.8 Å². The average Bonchev–Trinajstić information content (AvgIpc) is 3.39. The summed E-state index contributed by atoms with van der Waals surface area (Å²) in [5, 5.41) is 0.237. The molecule has 8 heteroatoms. The van der Waals surface area contributed by atoms with Crippen LogP contribution in [-0.4, -0.2) is 64.1 Å². The van der Waals surface area contributed by atoms with E-state index in [9.17, 15) is 14.4 Å². The first-order chi connectivity index (χ1) is 15.6. The van der Waals surface area contributed by atoms with E-state index in [4.69, 9.17) is 9.47 Å². The molecule has 0 bridgehead atoms. The third-order valence-electron chi connectivity index (χ3n) is 6.89. The zero-order valence-electron chi connectivity index (χ0n) is 20.6. The van der Waals surface area contributed by atoms with Crippen molar-refractivity contribution in [3.05, 3.63) is 11.1 Å². The first-order valence-electron chi connectivity index (χ1n) is 12.2. The van der Waals surface area contributed by atoms with Crippen LogP contribution in [0.1, 0.15) is 78.6 Å². The summed E-state index contributed by atoms with van der Waals surface area (Å²) in [7, 11) is 1.52. The molecule has 0 aromatic rings. The van der Waals surface area contributed by atoms with Gasteiger partial charge in [0, 0.05) is 29.2 Å². The molecule has 4 fully saturated rings. The fraction of sp³-hybridized carbons (Fsp3) is 0.800. The molecule has 3 aliphatic heterocycles. The summed E-state index contributed by atoms with van der Waals surface area (Å²) in [4.78, 5) is 37.0. The van der Waals surface area contributed by atoms with Crippen molar-refractivity contribution < 1.29 is 23.9 Å². The number of rotatable bonds is 1. The molecule has 33 heavy (non-hydrogen) atoms. The number of carbonyl (C=O) groups is 3. The topological polar surface area (TPSA) is 72.9 Å². The van der Waals surface area contributed by atoms with Crippen LogP contribution in [0.15, 0.2) is 11.1 Å². The van der Waals surface area contributed by atoms with Crippen molar-refractivity contribution in [2.24, 2.45) is 5.92 Å². The largest absolute Gasteiger partial charge is 0.469 e. The first kappa shape index (κ1) is 26.5. The molecule has 1 amide bonds. The van der Waals surface area contributed by atoms with Crippen LogP contribution in [0.5, 0.6) is 0 Å². The van der Waals surface area contributed by atoms with Crippen LogP contribution in [0.3, 0.4) is 0 Å². The number of methoxy groups -OCH3 is 1. The van der Waals surface area contributed by atoms with Gasteiger partial charge in [0.25, 0.3) is 0 Å². The second kappa shape index (κ2) is 11.5. The quantitative estimate of drug-likeness (QED) is 0.345. The number of carbonyl (C=O) groups excluding carboxylic acids is 3. The number of esters is 1.